The molecule has 1 aliphatic rings. The van der Waals surface area contributed by atoms with Crippen molar-refractivity contribution < 1.29 is 9.53 Å². The molecule has 1 heterocycles. The van der Waals surface area contributed by atoms with Crippen LogP contribution in [0.2, 0.25) is 0 Å². The minimum Gasteiger partial charge on any atom is -0.489 e. The van der Waals surface area contributed by atoms with Crippen molar-refractivity contribution in [3.8, 4) is 5.75 Å². The van der Waals surface area contributed by atoms with E-state index in [0.29, 0.717) is 13.2 Å². The number of carbonyl (C=O) groups is 1. The molecule has 1 amide bonds. The first-order valence-corrected chi connectivity index (χ1v) is 9.84. The van der Waals surface area contributed by atoms with Crippen LogP contribution in [0.4, 0.5) is 0 Å². The van der Waals surface area contributed by atoms with Crippen molar-refractivity contribution in [2.45, 2.75) is 58.2 Å². The number of halogens is 2. The van der Waals surface area contributed by atoms with Crippen molar-refractivity contribution in [3.05, 3.63) is 42.5 Å². The van der Waals surface area contributed by atoms with Crippen LogP contribution < -0.4 is 20.7 Å². The third-order valence-corrected chi connectivity index (χ3v) is 5.04. The van der Waals surface area contributed by atoms with Gasteiger partial charge in [-0.2, -0.15) is 0 Å². The van der Waals surface area contributed by atoms with Crippen molar-refractivity contribution in [2.75, 3.05) is 19.7 Å². The molecular formula is C22H37Cl2N3O2. The van der Waals surface area contributed by atoms with E-state index in [0.717, 1.165) is 37.2 Å². The summed E-state index contributed by atoms with van der Waals surface area (Å²) in [7, 11) is 0. The average Bonchev–Trinajstić information content (AvgIpc) is 2.84. The highest BCUT2D eigenvalue weighted by atomic mass is 35.5. The largest absolute Gasteiger partial charge is 0.489 e. The smallest absolute Gasteiger partial charge is 0.225 e. The molecule has 0 saturated carbocycles. The first-order chi connectivity index (χ1) is 12.7. The molecule has 1 aliphatic heterocycles. The second kappa shape index (κ2) is 12.4. The third-order valence-electron chi connectivity index (χ3n) is 5.04. The molecule has 0 spiro atoms. The Hall–Kier alpha value is -1.27. The number of hydrogen-bond acceptors (Lipinski definition) is 4. The molecule has 0 aromatic heterocycles. The van der Waals surface area contributed by atoms with Crippen LogP contribution in [0.15, 0.2) is 36.9 Å². The SMILES string of the molecule is C=CCOc1ccccc1CNCCCNC(=O)C1CC(C)(C)NC1(C)C.Cl.Cl. The van der Waals surface area contributed by atoms with Gasteiger partial charge in [-0.25, -0.2) is 0 Å². The molecule has 2 rings (SSSR count). The maximum absolute atomic E-state index is 12.6. The highest BCUT2D eigenvalue weighted by molar-refractivity contribution is 5.85. The third kappa shape index (κ3) is 8.55. The monoisotopic (exact) mass is 445 g/mol. The van der Waals surface area contributed by atoms with E-state index in [4.69, 9.17) is 4.74 Å². The first kappa shape index (κ1) is 27.7. The average molecular weight is 446 g/mol. The molecular weight excluding hydrogens is 409 g/mol. The molecule has 7 heteroatoms. The van der Waals surface area contributed by atoms with Crippen LogP contribution in [0.1, 0.15) is 46.1 Å². The zero-order valence-corrected chi connectivity index (χ0v) is 19.7. The van der Waals surface area contributed by atoms with Crippen LogP contribution >= 0.6 is 24.8 Å². The second-order valence-electron chi connectivity index (χ2n) is 8.52. The van der Waals surface area contributed by atoms with E-state index in [1.54, 1.807) is 6.08 Å². The predicted octanol–water partition coefficient (Wildman–Crippen LogP) is 3.86. The van der Waals surface area contributed by atoms with Crippen molar-refractivity contribution in [2.24, 2.45) is 5.92 Å². The summed E-state index contributed by atoms with van der Waals surface area (Å²) < 4.78 is 5.67. The maximum Gasteiger partial charge on any atom is 0.225 e. The molecule has 5 nitrogen and oxygen atoms in total. The van der Waals surface area contributed by atoms with Gasteiger partial charge in [-0.1, -0.05) is 30.9 Å². The first-order valence-electron chi connectivity index (χ1n) is 9.84. The molecule has 1 aromatic carbocycles. The van der Waals surface area contributed by atoms with Gasteiger partial charge in [0.05, 0.1) is 5.92 Å². The lowest BCUT2D eigenvalue weighted by Gasteiger charge is -2.27. The van der Waals surface area contributed by atoms with E-state index in [1.807, 2.05) is 18.2 Å². The lowest BCUT2D eigenvalue weighted by atomic mass is 9.86. The minimum atomic E-state index is -0.166. The number of benzene rings is 1. The summed E-state index contributed by atoms with van der Waals surface area (Å²) in [5, 5.41) is 10.1. The van der Waals surface area contributed by atoms with Crippen LogP contribution in [-0.2, 0) is 11.3 Å². The number of rotatable bonds is 10. The van der Waals surface area contributed by atoms with E-state index in [-0.39, 0.29) is 47.7 Å². The Morgan fingerprint density at radius 1 is 1.24 bits per heavy atom. The predicted molar refractivity (Wildman–Crippen MR) is 125 cm³/mol. The molecule has 1 fully saturated rings. The van der Waals surface area contributed by atoms with Gasteiger partial charge in [0.15, 0.2) is 0 Å². The van der Waals surface area contributed by atoms with Crippen LogP contribution in [0, 0.1) is 5.92 Å². The fraction of sp³-hybridized carbons (Fsp3) is 0.591. The highest BCUT2D eigenvalue weighted by Gasteiger charge is 2.47. The van der Waals surface area contributed by atoms with E-state index < -0.39 is 0 Å². The normalized spacial score (nSPS) is 18.8. The van der Waals surface area contributed by atoms with Crippen LogP contribution in [0.3, 0.4) is 0 Å². The number of nitrogens with one attached hydrogen (secondary N) is 3. The van der Waals surface area contributed by atoms with Gasteiger partial charge in [-0.15, -0.1) is 24.8 Å². The Morgan fingerprint density at radius 3 is 2.55 bits per heavy atom. The number of amides is 1. The Kier molecular flexibility index (Phi) is 11.9. The standard InChI is InChI=1S/C22H35N3O2.2ClH/c1-6-14-27-19-11-8-7-10-17(19)16-23-12-9-13-24-20(26)18-15-21(2,3)25-22(18,4)5;;/h6-8,10-11,18,23,25H,1,9,12-16H2,2-5H3,(H,24,26);2*1H. The Bertz CT molecular complexity index is 651. The van der Waals surface area contributed by atoms with Gasteiger partial charge < -0.3 is 20.7 Å². The van der Waals surface area contributed by atoms with E-state index in [9.17, 15) is 4.79 Å². The fourth-order valence-electron chi connectivity index (χ4n) is 3.91. The summed E-state index contributed by atoms with van der Waals surface area (Å²) in [6.07, 6.45) is 3.51. The lowest BCUT2D eigenvalue weighted by molar-refractivity contribution is -0.126. The maximum atomic E-state index is 12.6. The number of carbonyl (C=O) groups excluding carboxylic acids is 1. The summed E-state index contributed by atoms with van der Waals surface area (Å²) in [6, 6.07) is 8.01. The van der Waals surface area contributed by atoms with Crippen molar-refractivity contribution in [1.29, 1.82) is 0 Å². The molecule has 0 aliphatic carbocycles. The molecule has 0 bridgehead atoms. The van der Waals surface area contributed by atoms with Gasteiger partial charge in [0, 0.05) is 29.7 Å². The van der Waals surface area contributed by atoms with Gasteiger partial charge in [0.25, 0.3) is 0 Å². The molecule has 29 heavy (non-hydrogen) atoms. The van der Waals surface area contributed by atoms with Gasteiger partial charge in [0.2, 0.25) is 5.91 Å². The van der Waals surface area contributed by atoms with Crippen LogP contribution in [0.5, 0.6) is 5.75 Å². The van der Waals surface area contributed by atoms with Gasteiger partial charge >= 0.3 is 0 Å². The van der Waals surface area contributed by atoms with Gasteiger partial charge in [0.1, 0.15) is 12.4 Å². The number of para-hydroxylation sites is 1. The summed E-state index contributed by atoms with van der Waals surface area (Å²) in [5.74, 6) is 1.05. The molecule has 0 radical (unpaired) electrons. The zero-order chi connectivity index (χ0) is 19.9. The van der Waals surface area contributed by atoms with Crippen molar-refractivity contribution in [3.63, 3.8) is 0 Å². The van der Waals surface area contributed by atoms with Gasteiger partial charge in [-0.05, 0) is 53.1 Å². The molecule has 1 unspecified atom stereocenters. The second-order valence-corrected chi connectivity index (χ2v) is 8.52. The Labute approximate surface area is 188 Å². The summed E-state index contributed by atoms with van der Waals surface area (Å²) >= 11 is 0. The van der Waals surface area contributed by atoms with Crippen molar-refractivity contribution >= 4 is 30.7 Å². The molecule has 1 atom stereocenters. The fourth-order valence-corrected chi connectivity index (χ4v) is 3.91. The Morgan fingerprint density at radius 2 is 1.93 bits per heavy atom. The lowest BCUT2D eigenvalue weighted by Crippen LogP contribution is -2.48. The zero-order valence-electron chi connectivity index (χ0n) is 18.0. The minimum absolute atomic E-state index is 0. The molecule has 1 aromatic rings. The summed E-state index contributed by atoms with van der Waals surface area (Å²) in [5.41, 5.74) is 0.971. The number of hydrogen-bond donors (Lipinski definition) is 3. The summed E-state index contributed by atoms with van der Waals surface area (Å²) in [6.45, 7) is 15.0. The van der Waals surface area contributed by atoms with Crippen molar-refractivity contribution in [1.82, 2.24) is 16.0 Å². The van der Waals surface area contributed by atoms with E-state index in [1.165, 1.54) is 0 Å². The molecule has 1 saturated heterocycles. The van der Waals surface area contributed by atoms with E-state index in [2.05, 4.69) is 56.3 Å². The van der Waals surface area contributed by atoms with Gasteiger partial charge in [-0.3, -0.25) is 4.79 Å². The van der Waals surface area contributed by atoms with Crippen LogP contribution in [0.25, 0.3) is 0 Å². The van der Waals surface area contributed by atoms with Crippen LogP contribution in [-0.4, -0.2) is 36.7 Å². The highest BCUT2D eigenvalue weighted by Crippen LogP contribution is 2.35. The number of ether oxygens (including phenoxy) is 1. The molecule has 166 valence electrons. The molecule has 3 N–H and O–H groups in total. The quantitative estimate of drug-likeness (QED) is 0.377. The van der Waals surface area contributed by atoms with E-state index >= 15 is 0 Å². The topological polar surface area (TPSA) is 62.4 Å². The Balaban J connectivity index is 0.00000392. The summed E-state index contributed by atoms with van der Waals surface area (Å²) in [4.78, 5) is 12.6.